The molecule has 100 valence electrons. The molecule has 0 aliphatic heterocycles. The Morgan fingerprint density at radius 2 is 2.11 bits per heavy atom. The van der Waals surface area contributed by atoms with Crippen LogP contribution < -0.4 is 9.47 Å². The van der Waals surface area contributed by atoms with Crippen molar-refractivity contribution < 1.29 is 19.4 Å². The third kappa shape index (κ3) is 3.48. The summed E-state index contributed by atoms with van der Waals surface area (Å²) in [5, 5.41) is 8.91. The van der Waals surface area contributed by atoms with Crippen molar-refractivity contribution in [1.29, 1.82) is 0 Å². The first-order valence-corrected chi connectivity index (χ1v) is 6.99. The van der Waals surface area contributed by atoms with Crippen LogP contribution in [0.25, 0.3) is 0 Å². The first-order chi connectivity index (χ1) is 9.10. The molecule has 0 spiro atoms. The van der Waals surface area contributed by atoms with Gasteiger partial charge in [0.1, 0.15) is 6.61 Å². The fourth-order valence-corrected chi connectivity index (χ4v) is 2.89. The summed E-state index contributed by atoms with van der Waals surface area (Å²) in [6.07, 6.45) is 0. The van der Waals surface area contributed by atoms with Gasteiger partial charge in [0.15, 0.2) is 11.5 Å². The van der Waals surface area contributed by atoms with Gasteiger partial charge >= 0.3 is 5.97 Å². The van der Waals surface area contributed by atoms with Crippen LogP contribution in [0.5, 0.6) is 11.5 Å². The van der Waals surface area contributed by atoms with E-state index in [1.807, 2.05) is 12.1 Å². The summed E-state index contributed by atoms with van der Waals surface area (Å²) in [5.74, 6) is -0.0559. The zero-order valence-electron chi connectivity index (χ0n) is 10.1. The van der Waals surface area contributed by atoms with Crippen LogP contribution in [0.15, 0.2) is 34.1 Å². The topological polar surface area (TPSA) is 55.8 Å². The second kappa shape index (κ2) is 6.08. The molecule has 0 fully saturated rings. The Bertz CT molecular complexity index is 594. The minimum Gasteiger partial charge on any atom is -0.493 e. The van der Waals surface area contributed by atoms with Gasteiger partial charge in [0.2, 0.25) is 0 Å². The highest BCUT2D eigenvalue weighted by molar-refractivity contribution is 9.11. The number of carboxylic acids is 1. The highest BCUT2D eigenvalue weighted by Gasteiger charge is 2.10. The Kier molecular flexibility index (Phi) is 4.44. The van der Waals surface area contributed by atoms with E-state index in [2.05, 4.69) is 15.9 Å². The van der Waals surface area contributed by atoms with Crippen LogP contribution in [0.1, 0.15) is 15.2 Å². The van der Waals surface area contributed by atoms with Crippen LogP contribution in [0, 0.1) is 0 Å². The number of hydrogen-bond acceptors (Lipinski definition) is 4. The highest BCUT2D eigenvalue weighted by Crippen LogP contribution is 2.30. The molecule has 4 nitrogen and oxygen atoms in total. The Morgan fingerprint density at radius 1 is 1.32 bits per heavy atom. The van der Waals surface area contributed by atoms with E-state index in [4.69, 9.17) is 14.6 Å². The average molecular weight is 343 g/mol. The molecule has 0 atom stereocenters. The molecule has 0 aliphatic rings. The fourth-order valence-electron chi connectivity index (χ4n) is 1.50. The number of rotatable bonds is 5. The predicted molar refractivity (Wildman–Crippen MR) is 76.3 cm³/mol. The zero-order chi connectivity index (χ0) is 13.8. The van der Waals surface area contributed by atoms with Crippen LogP contribution in [0.4, 0.5) is 0 Å². The van der Waals surface area contributed by atoms with E-state index >= 15 is 0 Å². The van der Waals surface area contributed by atoms with Crippen molar-refractivity contribution in [1.82, 2.24) is 0 Å². The number of hydrogen-bond donors (Lipinski definition) is 1. The molecular formula is C13H11BrO4S. The number of thiophene rings is 1. The average Bonchev–Trinajstić information content (AvgIpc) is 2.81. The second-order valence-electron chi connectivity index (χ2n) is 3.67. The number of methoxy groups -OCH3 is 1. The van der Waals surface area contributed by atoms with Crippen molar-refractivity contribution in [3.8, 4) is 11.5 Å². The molecule has 19 heavy (non-hydrogen) atoms. The molecule has 0 unspecified atom stereocenters. The third-order valence-electron chi connectivity index (χ3n) is 2.41. The Hall–Kier alpha value is -1.53. The lowest BCUT2D eigenvalue weighted by Crippen LogP contribution is -2.00. The molecular weight excluding hydrogens is 332 g/mol. The summed E-state index contributed by atoms with van der Waals surface area (Å²) in [6, 6.07) is 8.46. The lowest BCUT2D eigenvalue weighted by Gasteiger charge is -2.10. The Balaban J connectivity index is 2.13. The molecule has 0 bridgehead atoms. The standard InChI is InChI=1S/C13H11BrO4S/c1-17-11-6-8(13(15)16)2-4-10(11)18-7-9-3-5-12(14)19-9/h2-6H,7H2,1H3,(H,15,16). The summed E-state index contributed by atoms with van der Waals surface area (Å²) >= 11 is 4.97. The van der Waals surface area contributed by atoms with E-state index < -0.39 is 5.97 Å². The predicted octanol–water partition coefficient (Wildman–Crippen LogP) is 3.80. The molecule has 0 amide bonds. The van der Waals surface area contributed by atoms with Crippen LogP contribution in [-0.2, 0) is 6.61 Å². The van der Waals surface area contributed by atoms with Gasteiger partial charge in [-0.05, 0) is 46.3 Å². The summed E-state index contributed by atoms with van der Waals surface area (Å²) in [6.45, 7) is 0.416. The Labute approximate surface area is 122 Å². The maximum absolute atomic E-state index is 10.9. The first kappa shape index (κ1) is 13.9. The largest absolute Gasteiger partial charge is 0.493 e. The summed E-state index contributed by atoms with van der Waals surface area (Å²) in [4.78, 5) is 11.9. The maximum Gasteiger partial charge on any atom is 0.335 e. The van der Waals surface area contributed by atoms with E-state index in [9.17, 15) is 4.79 Å². The molecule has 0 saturated heterocycles. The summed E-state index contributed by atoms with van der Waals surface area (Å²) in [5.41, 5.74) is 0.170. The Morgan fingerprint density at radius 3 is 2.68 bits per heavy atom. The van der Waals surface area contributed by atoms with Gasteiger partial charge in [-0.15, -0.1) is 11.3 Å². The quantitative estimate of drug-likeness (QED) is 0.897. The normalized spacial score (nSPS) is 10.2. The van der Waals surface area contributed by atoms with Gasteiger partial charge in [-0.3, -0.25) is 0 Å². The molecule has 1 heterocycles. The first-order valence-electron chi connectivity index (χ1n) is 5.38. The monoisotopic (exact) mass is 342 g/mol. The van der Waals surface area contributed by atoms with Gasteiger partial charge < -0.3 is 14.6 Å². The van der Waals surface area contributed by atoms with Gasteiger partial charge in [-0.1, -0.05) is 0 Å². The summed E-state index contributed by atoms with van der Waals surface area (Å²) in [7, 11) is 1.48. The summed E-state index contributed by atoms with van der Waals surface area (Å²) < 4.78 is 11.8. The van der Waals surface area contributed by atoms with Crippen molar-refractivity contribution in [2.45, 2.75) is 6.61 Å². The number of carboxylic acid groups (broad SMARTS) is 1. The van der Waals surface area contributed by atoms with Crippen molar-refractivity contribution >= 4 is 33.2 Å². The number of ether oxygens (including phenoxy) is 2. The molecule has 0 radical (unpaired) electrons. The van der Waals surface area contributed by atoms with Gasteiger partial charge in [0, 0.05) is 4.88 Å². The van der Waals surface area contributed by atoms with Crippen molar-refractivity contribution in [2.24, 2.45) is 0 Å². The molecule has 2 aromatic rings. The molecule has 6 heteroatoms. The van der Waals surface area contributed by atoms with E-state index in [0.29, 0.717) is 18.1 Å². The lowest BCUT2D eigenvalue weighted by molar-refractivity contribution is 0.0696. The van der Waals surface area contributed by atoms with Crippen LogP contribution >= 0.6 is 27.3 Å². The van der Waals surface area contributed by atoms with Gasteiger partial charge in [0.25, 0.3) is 0 Å². The minimum atomic E-state index is -0.993. The molecule has 1 N–H and O–H groups in total. The molecule has 1 aromatic carbocycles. The molecule has 0 saturated carbocycles. The molecule has 0 aliphatic carbocycles. The van der Waals surface area contributed by atoms with Gasteiger partial charge in [-0.2, -0.15) is 0 Å². The van der Waals surface area contributed by atoms with Crippen LogP contribution in [-0.4, -0.2) is 18.2 Å². The van der Waals surface area contributed by atoms with Crippen molar-refractivity contribution in [3.63, 3.8) is 0 Å². The van der Waals surface area contributed by atoms with Crippen molar-refractivity contribution in [2.75, 3.05) is 7.11 Å². The zero-order valence-corrected chi connectivity index (χ0v) is 12.5. The molecule has 1 aromatic heterocycles. The lowest BCUT2D eigenvalue weighted by atomic mass is 10.2. The smallest absolute Gasteiger partial charge is 0.335 e. The molecule has 2 rings (SSSR count). The van der Waals surface area contributed by atoms with E-state index in [1.54, 1.807) is 17.4 Å². The fraction of sp³-hybridized carbons (Fsp3) is 0.154. The van der Waals surface area contributed by atoms with Crippen molar-refractivity contribution in [3.05, 3.63) is 44.6 Å². The SMILES string of the molecule is COc1cc(C(=O)O)ccc1OCc1ccc(Br)s1. The van der Waals surface area contributed by atoms with Gasteiger partial charge in [0.05, 0.1) is 16.5 Å². The van der Waals surface area contributed by atoms with E-state index in [1.165, 1.54) is 19.2 Å². The minimum absolute atomic E-state index is 0.170. The van der Waals surface area contributed by atoms with Gasteiger partial charge in [-0.25, -0.2) is 4.79 Å². The van der Waals surface area contributed by atoms with Crippen LogP contribution in [0.3, 0.4) is 0 Å². The number of halogens is 1. The third-order valence-corrected chi connectivity index (χ3v) is 4.01. The van der Waals surface area contributed by atoms with Crippen LogP contribution in [0.2, 0.25) is 0 Å². The number of carbonyl (C=O) groups is 1. The number of aromatic carboxylic acids is 1. The maximum atomic E-state index is 10.9. The van der Waals surface area contributed by atoms with E-state index in [-0.39, 0.29) is 5.56 Å². The number of benzene rings is 1. The second-order valence-corrected chi connectivity index (χ2v) is 6.21. The van der Waals surface area contributed by atoms with E-state index in [0.717, 1.165) is 8.66 Å². The highest BCUT2D eigenvalue weighted by atomic mass is 79.9.